The quantitative estimate of drug-likeness (QED) is 0.188. The minimum absolute atomic E-state index is 0.263. The zero-order chi connectivity index (χ0) is 23.8. The molecule has 3 rings (SSSR count). The zero-order valence-corrected chi connectivity index (χ0v) is 21.2. The van der Waals surface area contributed by atoms with Crippen LogP contribution >= 0.6 is 23.2 Å². The molecule has 0 N–H and O–H groups in total. The van der Waals surface area contributed by atoms with Gasteiger partial charge in [0, 0.05) is 34.6 Å². The van der Waals surface area contributed by atoms with Gasteiger partial charge in [0.2, 0.25) is 0 Å². The highest BCUT2D eigenvalue weighted by Gasteiger charge is 2.18. The van der Waals surface area contributed by atoms with Crippen LogP contribution in [0.15, 0.2) is 76.4 Å². The maximum Gasteiger partial charge on any atom is 0.177 e. The molecule has 2 atom stereocenters. The molecule has 1 aromatic heterocycles. The molecule has 0 saturated heterocycles. The van der Waals surface area contributed by atoms with Crippen molar-refractivity contribution in [2.75, 3.05) is 6.26 Å². The maximum absolute atomic E-state index is 13.5. The largest absolute Gasteiger partial charge is 0.389 e. The third-order valence-corrected chi connectivity index (χ3v) is 7.87. The van der Waals surface area contributed by atoms with Crippen LogP contribution in [0, 0.1) is 6.92 Å². The van der Waals surface area contributed by atoms with Gasteiger partial charge in [0.1, 0.15) is 6.61 Å². The van der Waals surface area contributed by atoms with Gasteiger partial charge in [-0.3, -0.25) is 4.98 Å². The summed E-state index contributed by atoms with van der Waals surface area (Å²) in [6, 6.07) is 18.8. The van der Waals surface area contributed by atoms with Crippen LogP contribution in [-0.2, 0) is 27.6 Å². The van der Waals surface area contributed by atoms with Crippen LogP contribution < -0.4 is 0 Å². The molecule has 0 amide bonds. The van der Waals surface area contributed by atoms with Gasteiger partial charge in [-0.25, -0.2) is 4.21 Å². The highest BCUT2D eigenvalue weighted by atomic mass is 35.5. The van der Waals surface area contributed by atoms with E-state index in [2.05, 4.69) is 14.5 Å². The number of hydrogen-bond donors (Lipinski definition) is 0. The summed E-state index contributed by atoms with van der Waals surface area (Å²) in [7, 11) is -2.65. The smallest absolute Gasteiger partial charge is 0.177 e. The van der Waals surface area contributed by atoms with Gasteiger partial charge in [0.15, 0.2) is 5.84 Å². The second-order valence-corrected chi connectivity index (χ2v) is 11.3. The molecule has 174 valence electrons. The van der Waals surface area contributed by atoms with Gasteiger partial charge in [0.05, 0.1) is 15.0 Å². The van der Waals surface area contributed by atoms with E-state index in [-0.39, 0.29) is 11.9 Å². The van der Waals surface area contributed by atoms with Crippen molar-refractivity contribution in [2.45, 2.75) is 38.5 Å². The number of aryl methyl sites for hydroxylation is 2. The predicted molar refractivity (Wildman–Crippen MR) is 137 cm³/mol. The summed E-state index contributed by atoms with van der Waals surface area (Å²) in [5.41, 5.74) is 3.79. The Kier molecular flexibility index (Phi) is 8.89. The lowest BCUT2D eigenvalue weighted by molar-refractivity contribution is 0.129. The number of halogens is 2. The molecule has 0 aliphatic carbocycles. The molecule has 8 heteroatoms. The molecule has 0 bridgehead atoms. The molecule has 0 saturated carbocycles. The van der Waals surface area contributed by atoms with E-state index in [4.69, 9.17) is 28.0 Å². The monoisotopic (exact) mass is 503 g/mol. The first-order valence-corrected chi connectivity index (χ1v) is 13.3. The summed E-state index contributed by atoms with van der Waals surface area (Å²) < 4.78 is 18.1. The van der Waals surface area contributed by atoms with Crippen molar-refractivity contribution in [3.05, 3.63) is 99.3 Å². The predicted octanol–water partition coefficient (Wildman–Crippen LogP) is 7.02. The van der Waals surface area contributed by atoms with Gasteiger partial charge >= 0.3 is 0 Å². The van der Waals surface area contributed by atoms with E-state index in [0.717, 1.165) is 22.4 Å². The Labute approximate surface area is 206 Å². The molecule has 2 aromatic carbocycles. The lowest BCUT2D eigenvalue weighted by Gasteiger charge is -2.15. The molecular weight excluding hydrogens is 477 g/mol. The highest BCUT2D eigenvalue weighted by molar-refractivity contribution is 7.93. The molecule has 1 heterocycles. The normalized spacial score (nSPS) is 14.4. The number of pyridine rings is 1. The number of oxime groups is 1. The van der Waals surface area contributed by atoms with Gasteiger partial charge in [-0.15, -0.1) is 0 Å². The fourth-order valence-corrected chi connectivity index (χ4v) is 4.64. The Morgan fingerprint density at radius 3 is 2.18 bits per heavy atom. The topological polar surface area (TPSA) is 63.9 Å². The van der Waals surface area contributed by atoms with Gasteiger partial charge < -0.3 is 4.84 Å². The van der Waals surface area contributed by atoms with Crippen molar-refractivity contribution >= 4 is 38.8 Å². The first kappa shape index (κ1) is 25.2. The molecule has 0 aliphatic rings. The van der Waals surface area contributed by atoms with E-state index >= 15 is 0 Å². The number of rotatable bonds is 8. The van der Waals surface area contributed by atoms with Crippen molar-refractivity contribution in [2.24, 2.45) is 9.52 Å². The van der Waals surface area contributed by atoms with Crippen LogP contribution in [0.25, 0.3) is 0 Å². The van der Waals surface area contributed by atoms with Crippen molar-refractivity contribution in [3.8, 4) is 0 Å². The number of amidine groups is 1. The molecule has 0 radical (unpaired) electrons. The Morgan fingerprint density at radius 2 is 1.61 bits per heavy atom. The number of hydrogen-bond acceptors (Lipinski definition) is 4. The molecule has 2 unspecified atom stereocenters. The van der Waals surface area contributed by atoms with Crippen molar-refractivity contribution in [3.63, 3.8) is 0 Å². The maximum atomic E-state index is 13.5. The molecular formula is C25H27Cl2N3O2S. The van der Waals surface area contributed by atoms with E-state index < -0.39 is 9.73 Å². The summed E-state index contributed by atoms with van der Waals surface area (Å²) in [6.07, 6.45) is 4.54. The molecule has 33 heavy (non-hydrogen) atoms. The summed E-state index contributed by atoms with van der Waals surface area (Å²) in [4.78, 5) is 9.89. The van der Waals surface area contributed by atoms with Crippen LogP contribution in [0.1, 0.15) is 41.0 Å². The van der Waals surface area contributed by atoms with Crippen LogP contribution in [-0.4, -0.2) is 21.3 Å². The van der Waals surface area contributed by atoms with Crippen molar-refractivity contribution in [1.29, 1.82) is 0 Å². The fourth-order valence-electron chi connectivity index (χ4n) is 3.04. The molecule has 3 aromatic rings. The highest BCUT2D eigenvalue weighted by Crippen LogP contribution is 2.23. The lowest BCUT2D eigenvalue weighted by Crippen LogP contribution is -2.12. The first-order chi connectivity index (χ1) is 15.7. The summed E-state index contributed by atoms with van der Waals surface area (Å²) in [5.74, 6) is 0.401. The summed E-state index contributed by atoms with van der Waals surface area (Å²) >= 11 is 11.9. The van der Waals surface area contributed by atoms with E-state index in [0.29, 0.717) is 28.7 Å². The summed E-state index contributed by atoms with van der Waals surface area (Å²) in [6.45, 7) is 4.07. The molecule has 0 aliphatic heterocycles. The van der Waals surface area contributed by atoms with E-state index in [1.165, 1.54) is 0 Å². The second-order valence-electron chi connectivity index (χ2n) is 7.86. The number of benzene rings is 2. The van der Waals surface area contributed by atoms with Crippen LogP contribution in [0.2, 0.25) is 10.0 Å². The zero-order valence-electron chi connectivity index (χ0n) is 18.9. The minimum Gasteiger partial charge on any atom is -0.389 e. The first-order valence-electron chi connectivity index (χ1n) is 10.5. The standard InChI is InChI=1S/C25H27Cl2N3O2S/c1-18-4-10-22(16-28-18)19(2)33(3,31)30-25(15-9-20-5-11-23(26)12-6-20)29-32-17-21-7-13-24(27)14-8-21/h4-8,10-14,16,19H,9,15,17H2,1-3H3/b29-25+. The van der Waals surface area contributed by atoms with Crippen molar-refractivity contribution in [1.82, 2.24) is 4.98 Å². The SMILES string of the molecule is Cc1ccc(C(C)S(C)(=O)=N/C(CCc2ccc(Cl)cc2)=N/OCc2ccc(Cl)cc2)cn1. The van der Waals surface area contributed by atoms with Gasteiger partial charge in [-0.1, -0.05) is 58.7 Å². The second kappa shape index (κ2) is 11.6. The molecule has 0 spiro atoms. The third-order valence-electron chi connectivity index (χ3n) is 5.21. The Bertz CT molecular complexity index is 1200. The van der Waals surface area contributed by atoms with Gasteiger partial charge in [0.25, 0.3) is 0 Å². The minimum atomic E-state index is -2.65. The number of nitrogens with zero attached hydrogens (tertiary/aromatic N) is 3. The van der Waals surface area contributed by atoms with Crippen molar-refractivity contribution < 1.29 is 9.05 Å². The van der Waals surface area contributed by atoms with E-state index in [9.17, 15) is 4.21 Å². The van der Waals surface area contributed by atoms with Gasteiger partial charge in [-0.2, -0.15) is 4.36 Å². The van der Waals surface area contributed by atoms with Crippen LogP contribution in [0.4, 0.5) is 0 Å². The Hall–Kier alpha value is -2.41. The lowest BCUT2D eigenvalue weighted by atomic mass is 10.1. The van der Waals surface area contributed by atoms with Crippen LogP contribution in [0.3, 0.4) is 0 Å². The van der Waals surface area contributed by atoms with Gasteiger partial charge in [-0.05, 0) is 67.3 Å². The van der Waals surface area contributed by atoms with Crippen LogP contribution in [0.5, 0.6) is 0 Å². The Balaban J connectivity index is 1.81. The summed E-state index contributed by atoms with van der Waals surface area (Å²) in [5, 5.41) is 5.27. The molecule has 5 nitrogen and oxygen atoms in total. The van der Waals surface area contributed by atoms with E-state index in [1.807, 2.05) is 62.4 Å². The number of aromatic nitrogens is 1. The molecule has 0 fully saturated rings. The average molecular weight is 504 g/mol. The third kappa shape index (κ3) is 7.84. The fraction of sp³-hybridized carbons (Fsp3) is 0.280. The Morgan fingerprint density at radius 1 is 1.00 bits per heavy atom. The average Bonchev–Trinajstić information content (AvgIpc) is 2.79. The van der Waals surface area contributed by atoms with E-state index in [1.54, 1.807) is 24.6 Å².